The molecule has 0 unspecified atom stereocenters. The van der Waals surface area contributed by atoms with Crippen LogP contribution in [0.4, 0.5) is 5.82 Å². The zero-order valence-corrected chi connectivity index (χ0v) is 11.8. The molecule has 1 aromatic heterocycles. The van der Waals surface area contributed by atoms with Gasteiger partial charge in [-0.05, 0) is 25.3 Å². The van der Waals surface area contributed by atoms with Crippen LogP contribution >= 0.6 is 0 Å². The smallest absolute Gasteiger partial charge is 0.354 e. The van der Waals surface area contributed by atoms with Gasteiger partial charge < -0.3 is 10.4 Å². The molecular weight excluding hydrogens is 266 g/mol. The number of carboxylic acid groups (broad SMARTS) is 1. The van der Waals surface area contributed by atoms with Gasteiger partial charge in [-0.15, -0.1) is 0 Å². The number of nitrogens with zero attached hydrogens (tertiary/aromatic N) is 2. The molecule has 2 aromatic rings. The Morgan fingerprint density at radius 2 is 2.14 bits per heavy atom. The number of aromatic carboxylic acids is 1. The Morgan fingerprint density at radius 3 is 2.81 bits per heavy atom. The first-order chi connectivity index (χ1) is 10.1. The molecule has 0 aliphatic heterocycles. The van der Waals surface area contributed by atoms with Crippen LogP contribution in [0.3, 0.4) is 0 Å². The van der Waals surface area contributed by atoms with Crippen molar-refractivity contribution in [3.63, 3.8) is 0 Å². The van der Waals surface area contributed by atoms with Crippen LogP contribution in [-0.4, -0.2) is 27.1 Å². The quantitative estimate of drug-likeness (QED) is 0.882. The van der Waals surface area contributed by atoms with E-state index in [-0.39, 0.29) is 5.69 Å². The highest BCUT2D eigenvalue weighted by Crippen LogP contribution is 2.24. The molecule has 0 radical (unpaired) electrons. The Hall–Kier alpha value is -2.43. The highest BCUT2D eigenvalue weighted by atomic mass is 16.4. The van der Waals surface area contributed by atoms with Crippen molar-refractivity contribution in [3.8, 4) is 0 Å². The second kappa shape index (κ2) is 5.52. The third-order valence-electron chi connectivity index (χ3n) is 3.37. The van der Waals surface area contributed by atoms with Crippen LogP contribution in [0.25, 0.3) is 0 Å². The monoisotopic (exact) mass is 283 g/mol. The zero-order chi connectivity index (χ0) is 14.8. The standard InChI is InChI=1S/C16H17N3O2/c1-10-3-2-4-11(7-10)8-14-18-13(16(20)21)9-15(19-14)17-12-5-6-12/h2-4,7,9,12H,5-6,8H2,1H3,(H,20,21)(H,17,18,19). The second-order valence-electron chi connectivity index (χ2n) is 5.44. The summed E-state index contributed by atoms with van der Waals surface area (Å²) < 4.78 is 0. The van der Waals surface area contributed by atoms with Gasteiger partial charge in [-0.2, -0.15) is 0 Å². The van der Waals surface area contributed by atoms with Gasteiger partial charge in [0.1, 0.15) is 11.6 Å². The first-order valence-electron chi connectivity index (χ1n) is 7.03. The predicted molar refractivity (Wildman–Crippen MR) is 79.6 cm³/mol. The minimum Gasteiger partial charge on any atom is -0.477 e. The van der Waals surface area contributed by atoms with Crippen LogP contribution in [0, 0.1) is 6.92 Å². The lowest BCUT2D eigenvalue weighted by molar-refractivity contribution is 0.0690. The van der Waals surface area contributed by atoms with Crippen LogP contribution in [0.1, 0.15) is 40.3 Å². The summed E-state index contributed by atoms with van der Waals surface area (Å²) >= 11 is 0. The maximum absolute atomic E-state index is 11.2. The van der Waals surface area contributed by atoms with E-state index >= 15 is 0 Å². The number of carboxylic acids is 1. The molecule has 1 aliphatic rings. The molecule has 5 heteroatoms. The van der Waals surface area contributed by atoms with Crippen molar-refractivity contribution < 1.29 is 9.90 Å². The molecule has 0 bridgehead atoms. The number of aryl methyl sites for hydroxylation is 1. The Labute approximate surface area is 123 Å². The second-order valence-corrected chi connectivity index (χ2v) is 5.44. The molecular formula is C16H17N3O2. The minimum absolute atomic E-state index is 0.0378. The fourth-order valence-electron chi connectivity index (χ4n) is 2.20. The normalized spacial score (nSPS) is 14.0. The third kappa shape index (κ3) is 3.56. The summed E-state index contributed by atoms with van der Waals surface area (Å²) in [6.45, 7) is 2.03. The molecule has 1 aliphatic carbocycles. The Kier molecular flexibility index (Phi) is 3.56. The topological polar surface area (TPSA) is 75.1 Å². The molecule has 0 spiro atoms. The van der Waals surface area contributed by atoms with Gasteiger partial charge in [0.25, 0.3) is 0 Å². The molecule has 0 amide bonds. The van der Waals surface area contributed by atoms with Crippen LogP contribution < -0.4 is 5.32 Å². The highest BCUT2D eigenvalue weighted by Gasteiger charge is 2.22. The fourth-order valence-corrected chi connectivity index (χ4v) is 2.20. The van der Waals surface area contributed by atoms with Crippen molar-refractivity contribution in [3.05, 3.63) is 53.0 Å². The van der Waals surface area contributed by atoms with E-state index in [0.717, 1.165) is 18.4 Å². The lowest BCUT2D eigenvalue weighted by Gasteiger charge is -2.08. The van der Waals surface area contributed by atoms with E-state index in [4.69, 9.17) is 0 Å². The first kappa shape index (κ1) is 13.5. The van der Waals surface area contributed by atoms with Crippen LogP contribution in [-0.2, 0) is 6.42 Å². The predicted octanol–water partition coefficient (Wildman–Crippen LogP) is 2.65. The summed E-state index contributed by atoms with van der Waals surface area (Å²) in [6.07, 6.45) is 2.75. The van der Waals surface area contributed by atoms with E-state index in [9.17, 15) is 9.90 Å². The largest absolute Gasteiger partial charge is 0.477 e. The van der Waals surface area contributed by atoms with E-state index in [1.54, 1.807) is 0 Å². The first-order valence-corrected chi connectivity index (χ1v) is 7.03. The zero-order valence-electron chi connectivity index (χ0n) is 11.8. The molecule has 108 valence electrons. The van der Waals surface area contributed by atoms with Gasteiger partial charge in [0.05, 0.1) is 0 Å². The number of hydrogen-bond donors (Lipinski definition) is 2. The number of anilines is 1. The molecule has 1 saturated carbocycles. The summed E-state index contributed by atoms with van der Waals surface area (Å²) in [4.78, 5) is 19.8. The lowest BCUT2D eigenvalue weighted by atomic mass is 10.1. The molecule has 5 nitrogen and oxygen atoms in total. The van der Waals surface area contributed by atoms with Crippen molar-refractivity contribution in [1.82, 2.24) is 9.97 Å². The summed E-state index contributed by atoms with van der Waals surface area (Å²) in [6, 6.07) is 9.99. The van der Waals surface area contributed by atoms with Crippen molar-refractivity contribution in [2.75, 3.05) is 5.32 Å². The van der Waals surface area contributed by atoms with E-state index in [2.05, 4.69) is 21.4 Å². The molecule has 2 N–H and O–H groups in total. The molecule has 0 saturated heterocycles. The third-order valence-corrected chi connectivity index (χ3v) is 3.37. The van der Waals surface area contributed by atoms with Crippen molar-refractivity contribution in [2.24, 2.45) is 0 Å². The minimum atomic E-state index is -1.03. The van der Waals surface area contributed by atoms with Crippen LogP contribution in [0.15, 0.2) is 30.3 Å². The number of hydrogen-bond acceptors (Lipinski definition) is 4. The van der Waals surface area contributed by atoms with E-state index in [0.29, 0.717) is 24.1 Å². The average molecular weight is 283 g/mol. The van der Waals surface area contributed by atoms with Gasteiger partial charge in [0.15, 0.2) is 5.69 Å². The fraction of sp³-hybridized carbons (Fsp3) is 0.312. The molecule has 21 heavy (non-hydrogen) atoms. The van der Waals surface area contributed by atoms with E-state index in [1.807, 2.05) is 25.1 Å². The van der Waals surface area contributed by atoms with Crippen molar-refractivity contribution >= 4 is 11.8 Å². The van der Waals surface area contributed by atoms with Gasteiger partial charge in [-0.1, -0.05) is 29.8 Å². The SMILES string of the molecule is Cc1cccc(Cc2nc(NC3CC3)cc(C(=O)O)n2)c1. The van der Waals surface area contributed by atoms with Gasteiger partial charge in [-0.3, -0.25) is 0 Å². The highest BCUT2D eigenvalue weighted by molar-refractivity contribution is 5.86. The summed E-state index contributed by atoms with van der Waals surface area (Å²) in [5, 5.41) is 12.4. The van der Waals surface area contributed by atoms with Crippen molar-refractivity contribution in [1.29, 1.82) is 0 Å². The number of aromatic nitrogens is 2. The van der Waals surface area contributed by atoms with E-state index in [1.165, 1.54) is 11.6 Å². The Morgan fingerprint density at radius 1 is 1.33 bits per heavy atom. The summed E-state index contributed by atoms with van der Waals surface area (Å²) in [5.41, 5.74) is 2.28. The van der Waals surface area contributed by atoms with E-state index < -0.39 is 5.97 Å². The molecule has 1 aromatic carbocycles. The Balaban J connectivity index is 1.88. The molecule has 3 rings (SSSR count). The number of carbonyl (C=O) groups is 1. The maximum Gasteiger partial charge on any atom is 0.354 e. The molecule has 1 heterocycles. The van der Waals surface area contributed by atoms with Crippen molar-refractivity contribution in [2.45, 2.75) is 32.2 Å². The van der Waals surface area contributed by atoms with Crippen LogP contribution in [0.5, 0.6) is 0 Å². The maximum atomic E-state index is 11.2. The van der Waals surface area contributed by atoms with Gasteiger partial charge in [-0.25, -0.2) is 14.8 Å². The molecule has 0 atom stereocenters. The Bertz CT molecular complexity index is 681. The number of rotatable bonds is 5. The lowest BCUT2D eigenvalue weighted by Crippen LogP contribution is -2.11. The summed E-state index contributed by atoms with van der Waals surface area (Å²) in [5.74, 6) is 0.109. The molecule has 1 fully saturated rings. The van der Waals surface area contributed by atoms with Gasteiger partial charge >= 0.3 is 5.97 Å². The summed E-state index contributed by atoms with van der Waals surface area (Å²) in [7, 11) is 0. The average Bonchev–Trinajstić information content (AvgIpc) is 3.22. The number of nitrogens with one attached hydrogen (secondary N) is 1. The van der Waals surface area contributed by atoms with Gasteiger partial charge in [0.2, 0.25) is 0 Å². The van der Waals surface area contributed by atoms with Crippen LogP contribution in [0.2, 0.25) is 0 Å². The number of benzene rings is 1. The van der Waals surface area contributed by atoms with Gasteiger partial charge in [0, 0.05) is 18.5 Å².